The molecule has 0 aliphatic heterocycles. The highest BCUT2D eigenvalue weighted by Gasteiger charge is 1.96. The molecule has 0 spiro atoms. The van der Waals surface area contributed by atoms with Crippen molar-refractivity contribution in [3.63, 3.8) is 0 Å². The largest absolute Gasteiger partial charge is 0.398 e. The normalized spacial score (nSPS) is 10.2. The molecule has 1 aromatic carbocycles. The summed E-state index contributed by atoms with van der Waals surface area (Å²) < 4.78 is 0.961. The van der Waals surface area contributed by atoms with Crippen LogP contribution in [0, 0.1) is 0 Å². The zero-order valence-electron chi connectivity index (χ0n) is 7.10. The number of rotatable bonds is 3. The molecule has 0 bridgehead atoms. The van der Waals surface area contributed by atoms with Crippen LogP contribution in [0.4, 0.5) is 5.69 Å². The minimum Gasteiger partial charge on any atom is -0.398 e. The highest BCUT2D eigenvalue weighted by molar-refractivity contribution is 9.10. The predicted molar refractivity (Wildman–Crippen MR) is 55.9 cm³/mol. The van der Waals surface area contributed by atoms with E-state index in [1.165, 1.54) is 5.56 Å². The lowest BCUT2D eigenvalue weighted by atomic mass is 10.2. The summed E-state index contributed by atoms with van der Waals surface area (Å²) in [4.78, 5) is 0. The van der Waals surface area contributed by atoms with E-state index in [0.717, 1.165) is 23.2 Å². The lowest BCUT2D eigenvalue weighted by Gasteiger charge is -2.04. The summed E-state index contributed by atoms with van der Waals surface area (Å²) in [5.41, 5.74) is 7.73. The van der Waals surface area contributed by atoms with Gasteiger partial charge in [0.25, 0.3) is 0 Å². The number of hydrogen-bond donors (Lipinski definition) is 2. The van der Waals surface area contributed by atoms with Crippen molar-refractivity contribution in [1.29, 1.82) is 0 Å². The summed E-state index contributed by atoms with van der Waals surface area (Å²) in [5, 5.41) is 3.24. The van der Waals surface area contributed by atoms with Gasteiger partial charge in [-0.25, -0.2) is 0 Å². The van der Waals surface area contributed by atoms with Gasteiger partial charge in [-0.15, -0.1) is 0 Å². The standard InChI is InChI=1S/C9H13BrN2/c1-2-12-6-7-3-4-8(10)9(11)5-7/h3-5,12H,2,6,11H2,1H3. The first-order valence-corrected chi connectivity index (χ1v) is 4.78. The molecule has 1 aromatic rings. The molecule has 0 heterocycles. The fourth-order valence-electron chi connectivity index (χ4n) is 0.973. The summed E-state index contributed by atoms with van der Waals surface area (Å²) in [6, 6.07) is 6.01. The van der Waals surface area contributed by atoms with E-state index in [1.807, 2.05) is 12.1 Å². The summed E-state index contributed by atoms with van der Waals surface area (Å²) >= 11 is 3.35. The van der Waals surface area contributed by atoms with Crippen LogP contribution in [0.2, 0.25) is 0 Å². The van der Waals surface area contributed by atoms with E-state index in [4.69, 9.17) is 5.73 Å². The molecule has 3 N–H and O–H groups in total. The molecule has 0 fully saturated rings. The Kier molecular flexibility index (Phi) is 3.56. The molecule has 0 saturated heterocycles. The van der Waals surface area contributed by atoms with Gasteiger partial charge in [0, 0.05) is 16.7 Å². The van der Waals surface area contributed by atoms with Gasteiger partial charge >= 0.3 is 0 Å². The van der Waals surface area contributed by atoms with Crippen LogP contribution < -0.4 is 11.1 Å². The number of benzene rings is 1. The minimum atomic E-state index is 0.797. The Morgan fingerprint density at radius 3 is 2.83 bits per heavy atom. The Balaban J connectivity index is 2.69. The molecular weight excluding hydrogens is 216 g/mol. The van der Waals surface area contributed by atoms with Gasteiger partial charge in [0.1, 0.15) is 0 Å². The monoisotopic (exact) mass is 228 g/mol. The number of hydrogen-bond acceptors (Lipinski definition) is 2. The molecule has 1 rings (SSSR count). The smallest absolute Gasteiger partial charge is 0.0461 e. The van der Waals surface area contributed by atoms with Crippen molar-refractivity contribution in [3.05, 3.63) is 28.2 Å². The van der Waals surface area contributed by atoms with Gasteiger partial charge in [-0.05, 0) is 40.2 Å². The second-order valence-electron chi connectivity index (χ2n) is 2.64. The molecule has 2 nitrogen and oxygen atoms in total. The molecule has 0 radical (unpaired) electrons. The Hall–Kier alpha value is -0.540. The summed E-state index contributed by atoms with van der Waals surface area (Å²) in [7, 11) is 0. The first-order chi connectivity index (χ1) is 5.74. The lowest BCUT2D eigenvalue weighted by molar-refractivity contribution is 0.727. The number of nitrogen functional groups attached to an aromatic ring is 1. The van der Waals surface area contributed by atoms with Crippen LogP contribution in [0.1, 0.15) is 12.5 Å². The zero-order chi connectivity index (χ0) is 8.97. The summed E-state index contributed by atoms with van der Waals surface area (Å²) in [5.74, 6) is 0. The van der Waals surface area contributed by atoms with E-state index in [9.17, 15) is 0 Å². The van der Waals surface area contributed by atoms with Crippen LogP contribution in [-0.2, 0) is 6.54 Å². The van der Waals surface area contributed by atoms with Crippen LogP contribution >= 0.6 is 15.9 Å². The Morgan fingerprint density at radius 2 is 2.25 bits per heavy atom. The first-order valence-electron chi connectivity index (χ1n) is 3.98. The number of nitrogens with two attached hydrogens (primary N) is 1. The molecule has 0 aliphatic rings. The molecule has 0 unspecified atom stereocenters. The second-order valence-corrected chi connectivity index (χ2v) is 3.49. The fourth-order valence-corrected chi connectivity index (χ4v) is 1.22. The van der Waals surface area contributed by atoms with E-state index >= 15 is 0 Å². The average Bonchev–Trinajstić information content (AvgIpc) is 2.07. The van der Waals surface area contributed by atoms with Gasteiger partial charge in [0.05, 0.1) is 0 Å². The molecule has 0 saturated carbocycles. The summed E-state index contributed by atoms with van der Waals surface area (Å²) in [6.07, 6.45) is 0. The molecule has 66 valence electrons. The molecule has 0 amide bonds. The van der Waals surface area contributed by atoms with E-state index < -0.39 is 0 Å². The summed E-state index contributed by atoms with van der Waals surface area (Å²) in [6.45, 7) is 3.95. The van der Waals surface area contributed by atoms with E-state index in [-0.39, 0.29) is 0 Å². The Bertz CT molecular complexity index is 261. The maximum Gasteiger partial charge on any atom is 0.0461 e. The molecule has 0 atom stereocenters. The van der Waals surface area contributed by atoms with Crippen LogP contribution in [0.25, 0.3) is 0 Å². The molecule has 12 heavy (non-hydrogen) atoms. The van der Waals surface area contributed by atoms with Gasteiger partial charge in [0.2, 0.25) is 0 Å². The third-order valence-electron chi connectivity index (χ3n) is 1.64. The SMILES string of the molecule is CCNCc1ccc(Br)c(N)c1. The molecule has 0 aromatic heterocycles. The van der Waals surface area contributed by atoms with Gasteiger partial charge in [-0.1, -0.05) is 13.0 Å². The molecule has 0 aliphatic carbocycles. The van der Waals surface area contributed by atoms with Crippen molar-refractivity contribution in [2.45, 2.75) is 13.5 Å². The maximum absolute atomic E-state index is 5.72. The number of halogens is 1. The topological polar surface area (TPSA) is 38.0 Å². The quantitative estimate of drug-likeness (QED) is 0.779. The van der Waals surface area contributed by atoms with E-state index in [0.29, 0.717) is 0 Å². The highest BCUT2D eigenvalue weighted by atomic mass is 79.9. The van der Waals surface area contributed by atoms with Crippen LogP contribution in [0.3, 0.4) is 0 Å². The van der Waals surface area contributed by atoms with E-state index in [2.05, 4.69) is 34.2 Å². The minimum absolute atomic E-state index is 0.797. The maximum atomic E-state index is 5.72. The van der Waals surface area contributed by atoms with Crippen molar-refractivity contribution in [2.24, 2.45) is 0 Å². The third kappa shape index (κ3) is 2.50. The van der Waals surface area contributed by atoms with Crippen molar-refractivity contribution in [3.8, 4) is 0 Å². The Morgan fingerprint density at radius 1 is 1.50 bits per heavy atom. The number of anilines is 1. The molecule has 3 heteroatoms. The molecular formula is C9H13BrN2. The lowest BCUT2D eigenvalue weighted by Crippen LogP contribution is -2.11. The average molecular weight is 229 g/mol. The van der Waals surface area contributed by atoms with Gasteiger partial charge < -0.3 is 11.1 Å². The van der Waals surface area contributed by atoms with Crippen molar-refractivity contribution in [1.82, 2.24) is 5.32 Å². The third-order valence-corrected chi connectivity index (χ3v) is 2.36. The van der Waals surface area contributed by atoms with Crippen LogP contribution in [0.5, 0.6) is 0 Å². The fraction of sp³-hybridized carbons (Fsp3) is 0.333. The van der Waals surface area contributed by atoms with Crippen molar-refractivity contribution in [2.75, 3.05) is 12.3 Å². The Labute approximate surface area is 81.3 Å². The second kappa shape index (κ2) is 4.48. The van der Waals surface area contributed by atoms with Crippen LogP contribution in [0.15, 0.2) is 22.7 Å². The van der Waals surface area contributed by atoms with Gasteiger partial charge in [0.15, 0.2) is 0 Å². The van der Waals surface area contributed by atoms with Crippen LogP contribution in [-0.4, -0.2) is 6.54 Å². The highest BCUT2D eigenvalue weighted by Crippen LogP contribution is 2.19. The van der Waals surface area contributed by atoms with Crippen molar-refractivity contribution < 1.29 is 0 Å². The van der Waals surface area contributed by atoms with E-state index in [1.54, 1.807) is 0 Å². The number of nitrogens with one attached hydrogen (secondary N) is 1. The zero-order valence-corrected chi connectivity index (χ0v) is 8.69. The van der Waals surface area contributed by atoms with Gasteiger partial charge in [-0.3, -0.25) is 0 Å². The van der Waals surface area contributed by atoms with Crippen molar-refractivity contribution >= 4 is 21.6 Å². The first kappa shape index (κ1) is 9.55. The predicted octanol–water partition coefficient (Wildman–Crippen LogP) is 2.14. The van der Waals surface area contributed by atoms with Gasteiger partial charge in [-0.2, -0.15) is 0 Å².